The van der Waals surface area contributed by atoms with Crippen molar-refractivity contribution in [3.8, 4) is 6.07 Å². The zero-order valence-electron chi connectivity index (χ0n) is 24.3. The van der Waals surface area contributed by atoms with E-state index < -0.39 is 21.8 Å². The molecule has 0 bridgehead atoms. The number of aromatic nitrogens is 2. The lowest BCUT2D eigenvalue weighted by atomic mass is 10.0. The number of hydrogen-bond donors (Lipinski definition) is 0. The fraction of sp³-hybridized carbons (Fsp3) is 0.344. The summed E-state index contributed by atoms with van der Waals surface area (Å²) in [6.07, 6.45) is 2.20. The summed E-state index contributed by atoms with van der Waals surface area (Å²) in [6.45, 7) is 4.61. The zero-order chi connectivity index (χ0) is 31.0. The van der Waals surface area contributed by atoms with Crippen LogP contribution in [0.2, 0.25) is 5.02 Å². The first-order valence-electron chi connectivity index (χ1n) is 14.6. The Balaban J connectivity index is 1.42. The lowest BCUT2D eigenvalue weighted by molar-refractivity contribution is -0.135. The van der Waals surface area contributed by atoms with Crippen LogP contribution in [0.1, 0.15) is 30.0 Å². The van der Waals surface area contributed by atoms with Gasteiger partial charge >= 0.3 is 5.69 Å². The molecule has 10 nitrogen and oxygen atoms in total. The number of nitrogens with zero attached hydrogens (tertiary/aromatic N) is 6. The fourth-order valence-electron chi connectivity index (χ4n) is 6.33. The minimum atomic E-state index is -4.43. The third kappa shape index (κ3) is 5.55. The van der Waals surface area contributed by atoms with Gasteiger partial charge in [-0.2, -0.15) is 9.23 Å². The summed E-state index contributed by atoms with van der Waals surface area (Å²) in [5.41, 5.74) is 0.310. The van der Waals surface area contributed by atoms with Gasteiger partial charge in [0.1, 0.15) is 6.04 Å². The summed E-state index contributed by atoms with van der Waals surface area (Å²) in [4.78, 5) is 35.1. The number of halogens is 1. The summed E-state index contributed by atoms with van der Waals surface area (Å²) >= 11 is 6.32. The molecule has 0 spiro atoms. The summed E-state index contributed by atoms with van der Waals surface area (Å²) < 4.78 is 29.9. The Morgan fingerprint density at radius 2 is 1.57 bits per heavy atom. The lowest BCUT2D eigenvalue weighted by Crippen LogP contribution is -2.55. The Labute approximate surface area is 261 Å². The van der Waals surface area contributed by atoms with E-state index in [1.54, 1.807) is 41.3 Å². The Hall–Kier alpha value is -3.95. The molecule has 12 heteroatoms. The molecule has 1 amide bonds. The molecule has 0 N–H and O–H groups in total. The number of carbonyl (C=O) groups is 1. The largest absolute Gasteiger partial charge is 0.344 e. The average molecular weight is 633 g/mol. The van der Waals surface area contributed by atoms with Gasteiger partial charge in [0.15, 0.2) is 0 Å². The Bertz CT molecular complexity index is 1880. The number of imidazole rings is 1. The van der Waals surface area contributed by atoms with Gasteiger partial charge in [0.05, 0.1) is 27.6 Å². The number of nitriles is 1. The summed E-state index contributed by atoms with van der Waals surface area (Å²) in [5.74, 6) is -0.272. The molecular weight excluding hydrogens is 600 g/mol. The van der Waals surface area contributed by atoms with Crippen LogP contribution in [0.4, 0.5) is 0 Å². The SMILES string of the molecule is CN1CCC(N2CCN(C(=O)C(c3ccccc3)n3c(=O)n(S(=O)(=O)c4ccc(C#N)cc4)c4cc(Cl)ccc43)CC2)CC1. The van der Waals surface area contributed by atoms with Crippen molar-refractivity contribution in [1.82, 2.24) is 23.2 Å². The predicted octanol–water partition coefficient (Wildman–Crippen LogP) is 3.39. The molecule has 228 valence electrons. The number of piperazine rings is 1. The van der Waals surface area contributed by atoms with E-state index in [4.69, 9.17) is 11.6 Å². The highest BCUT2D eigenvalue weighted by molar-refractivity contribution is 7.90. The van der Waals surface area contributed by atoms with Crippen LogP contribution >= 0.6 is 11.6 Å². The van der Waals surface area contributed by atoms with Gasteiger partial charge in [-0.1, -0.05) is 41.9 Å². The zero-order valence-corrected chi connectivity index (χ0v) is 25.9. The van der Waals surface area contributed by atoms with Crippen LogP contribution in [0.3, 0.4) is 0 Å². The monoisotopic (exact) mass is 632 g/mol. The van der Waals surface area contributed by atoms with E-state index in [0.717, 1.165) is 39.0 Å². The number of carbonyl (C=O) groups excluding carboxylic acids is 1. The Morgan fingerprint density at radius 1 is 0.909 bits per heavy atom. The van der Waals surface area contributed by atoms with Crippen molar-refractivity contribution in [3.05, 3.63) is 99.4 Å². The maximum atomic E-state index is 14.4. The highest BCUT2D eigenvalue weighted by Gasteiger charge is 2.36. The van der Waals surface area contributed by atoms with Crippen LogP contribution in [-0.2, 0) is 14.8 Å². The molecule has 6 rings (SSSR count). The van der Waals surface area contributed by atoms with Crippen LogP contribution < -0.4 is 5.69 Å². The third-order valence-electron chi connectivity index (χ3n) is 8.76. The molecule has 1 unspecified atom stereocenters. The van der Waals surface area contributed by atoms with Gasteiger partial charge in [-0.15, -0.1) is 0 Å². The number of hydrogen-bond acceptors (Lipinski definition) is 7. The smallest absolute Gasteiger partial charge is 0.338 e. The molecule has 2 aliphatic rings. The molecule has 4 aromatic rings. The van der Waals surface area contributed by atoms with Crippen LogP contribution in [0.15, 0.2) is 82.5 Å². The van der Waals surface area contributed by atoms with Crippen molar-refractivity contribution >= 4 is 38.6 Å². The van der Waals surface area contributed by atoms with Gasteiger partial charge in [-0.05, 0) is 81.0 Å². The molecule has 3 aromatic carbocycles. The summed E-state index contributed by atoms with van der Waals surface area (Å²) in [6, 6.07) is 20.2. The topological polar surface area (TPSA) is 112 Å². The van der Waals surface area contributed by atoms with Crippen molar-refractivity contribution < 1.29 is 13.2 Å². The van der Waals surface area contributed by atoms with E-state index in [2.05, 4.69) is 16.8 Å². The molecule has 2 aliphatic heterocycles. The molecule has 3 heterocycles. The maximum absolute atomic E-state index is 14.4. The van der Waals surface area contributed by atoms with Gasteiger partial charge in [-0.25, -0.2) is 13.2 Å². The van der Waals surface area contributed by atoms with Gasteiger partial charge in [0, 0.05) is 37.2 Å². The van der Waals surface area contributed by atoms with Gasteiger partial charge < -0.3 is 9.80 Å². The molecule has 1 aromatic heterocycles. The molecular formula is C32H33ClN6O4S. The molecule has 2 fully saturated rings. The van der Waals surface area contributed by atoms with E-state index in [9.17, 15) is 23.3 Å². The van der Waals surface area contributed by atoms with E-state index in [1.807, 2.05) is 12.1 Å². The van der Waals surface area contributed by atoms with E-state index >= 15 is 0 Å². The number of benzene rings is 3. The van der Waals surface area contributed by atoms with Crippen LogP contribution in [0.5, 0.6) is 0 Å². The first-order chi connectivity index (χ1) is 21.2. The number of rotatable bonds is 6. The second-order valence-electron chi connectivity index (χ2n) is 11.4. The number of piperidine rings is 1. The number of amides is 1. The Morgan fingerprint density at radius 3 is 2.20 bits per heavy atom. The number of fused-ring (bicyclic) bond motifs is 1. The third-order valence-corrected chi connectivity index (χ3v) is 10.7. The minimum absolute atomic E-state index is 0.0627. The van der Waals surface area contributed by atoms with E-state index in [1.165, 1.54) is 34.9 Å². The second kappa shape index (κ2) is 12.2. The molecule has 2 saturated heterocycles. The first-order valence-corrected chi connectivity index (χ1v) is 16.5. The minimum Gasteiger partial charge on any atom is -0.338 e. The van der Waals surface area contributed by atoms with Gasteiger partial charge in [0.25, 0.3) is 15.9 Å². The normalized spacial score (nSPS) is 17.9. The average Bonchev–Trinajstić information content (AvgIpc) is 3.33. The van der Waals surface area contributed by atoms with Crippen LogP contribution in [0, 0.1) is 11.3 Å². The molecule has 0 saturated carbocycles. The van der Waals surface area contributed by atoms with Gasteiger partial charge in [0.2, 0.25) is 0 Å². The fourth-order valence-corrected chi connectivity index (χ4v) is 7.89. The van der Waals surface area contributed by atoms with Crippen molar-refractivity contribution in [2.24, 2.45) is 0 Å². The van der Waals surface area contributed by atoms with Crippen molar-refractivity contribution in [2.45, 2.75) is 29.8 Å². The van der Waals surface area contributed by atoms with E-state index in [-0.39, 0.29) is 32.4 Å². The maximum Gasteiger partial charge on any atom is 0.344 e. The van der Waals surface area contributed by atoms with Crippen molar-refractivity contribution in [2.75, 3.05) is 46.3 Å². The highest BCUT2D eigenvalue weighted by atomic mass is 35.5. The van der Waals surface area contributed by atoms with Gasteiger partial charge in [-0.3, -0.25) is 14.3 Å². The van der Waals surface area contributed by atoms with Crippen molar-refractivity contribution in [3.63, 3.8) is 0 Å². The van der Waals surface area contributed by atoms with Crippen LogP contribution in [-0.4, -0.2) is 89.9 Å². The molecule has 0 aliphatic carbocycles. The molecule has 0 radical (unpaired) electrons. The molecule has 44 heavy (non-hydrogen) atoms. The Kier molecular flexibility index (Phi) is 8.35. The van der Waals surface area contributed by atoms with Crippen molar-refractivity contribution in [1.29, 1.82) is 5.26 Å². The quantitative estimate of drug-likeness (QED) is 0.320. The lowest BCUT2D eigenvalue weighted by Gasteiger charge is -2.42. The predicted molar refractivity (Wildman–Crippen MR) is 168 cm³/mol. The highest BCUT2D eigenvalue weighted by Crippen LogP contribution is 2.30. The second-order valence-corrected chi connectivity index (χ2v) is 13.6. The number of likely N-dealkylation sites (tertiary alicyclic amines) is 1. The standard InChI is InChI=1S/C32H33ClN6O4S/c1-35-15-13-26(14-16-35)36-17-19-37(20-18-36)31(40)30(24-5-3-2-4-6-24)38-28-12-9-25(33)21-29(28)39(32(38)41)44(42,43)27-10-7-23(22-34)8-11-27/h2-12,21,26,30H,13-20H2,1H3. The van der Waals surface area contributed by atoms with E-state index in [0.29, 0.717) is 28.7 Å². The first kappa shape index (κ1) is 30.1. The van der Waals surface area contributed by atoms with Crippen LogP contribution in [0.25, 0.3) is 11.0 Å². The molecule has 1 atom stereocenters. The summed E-state index contributed by atoms with van der Waals surface area (Å²) in [7, 11) is -2.29. The summed E-state index contributed by atoms with van der Waals surface area (Å²) in [5, 5.41) is 9.42.